The number of rotatable bonds is 3. The van der Waals surface area contributed by atoms with Crippen LogP contribution in [0.25, 0.3) is 0 Å². The monoisotopic (exact) mass is 245 g/mol. The van der Waals surface area contributed by atoms with E-state index in [9.17, 15) is 0 Å². The minimum atomic E-state index is -0.160. The van der Waals surface area contributed by atoms with Crippen LogP contribution in [0.2, 0.25) is 0 Å². The molecule has 1 aromatic heterocycles. The van der Waals surface area contributed by atoms with E-state index in [0.717, 1.165) is 12.2 Å². The summed E-state index contributed by atoms with van der Waals surface area (Å²) in [6.07, 6.45) is 0.624. The predicted octanol–water partition coefficient (Wildman–Crippen LogP) is 2.03. The molecular formula is C13H15N3O2. The lowest BCUT2D eigenvalue weighted by Gasteiger charge is -2.06. The summed E-state index contributed by atoms with van der Waals surface area (Å²) in [7, 11) is 1.86. The molecule has 0 saturated heterocycles. The quantitative estimate of drug-likeness (QED) is 0.896. The van der Waals surface area contributed by atoms with Crippen molar-refractivity contribution in [3.05, 3.63) is 41.6 Å². The number of aromatic nitrogens is 2. The SMILES string of the molecule is CNC(C)c1nnc(C2Cc3ccccc3O2)o1. The molecule has 0 fully saturated rings. The zero-order chi connectivity index (χ0) is 12.5. The third kappa shape index (κ3) is 1.86. The average molecular weight is 245 g/mol. The van der Waals surface area contributed by atoms with Crippen LogP contribution in [0.4, 0.5) is 0 Å². The van der Waals surface area contributed by atoms with Crippen LogP contribution >= 0.6 is 0 Å². The molecule has 0 aliphatic carbocycles. The highest BCUT2D eigenvalue weighted by Gasteiger charge is 2.29. The number of para-hydroxylation sites is 1. The van der Waals surface area contributed by atoms with Crippen LogP contribution < -0.4 is 10.1 Å². The summed E-state index contributed by atoms with van der Waals surface area (Å²) in [6.45, 7) is 1.97. The Morgan fingerprint density at radius 2 is 2.17 bits per heavy atom. The highest BCUT2D eigenvalue weighted by Crippen LogP contribution is 2.35. The number of hydrogen-bond acceptors (Lipinski definition) is 5. The van der Waals surface area contributed by atoms with Gasteiger partial charge in [-0.15, -0.1) is 10.2 Å². The summed E-state index contributed by atoms with van der Waals surface area (Å²) in [4.78, 5) is 0. The first-order valence-corrected chi connectivity index (χ1v) is 6.03. The molecule has 94 valence electrons. The van der Waals surface area contributed by atoms with Crippen molar-refractivity contribution in [1.82, 2.24) is 15.5 Å². The van der Waals surface area contributed by atoms with Crippen molar-refractivity contribution >= 4 is 0 Å². The number of nitrogens with one attached hydrogen (secondary N) is 1. The average Bonchev–Trinajstić information content (AvgIpc) is 3.03. The molecule has 2 unspecified atom stereocenters. The van der Waals surface area contributed by atoms with Gasteiger partial charge < -0.3 is 14.5 Å². The molecule has 0 saturated carbocycles. The van der Waals surface area contributed by atoms with Gasteiger partial charge >= 0.3 is 0 Å². The van der Waals surface area contributed by atoms with Gasteiger partial charge in [-0.2, -0.15) is 0 Å². The van der Waals surface area contributed by atoms with Crippen LogP contribution in [0.5, 0.6) is 5.75 Å². The maximum atomic E-state index is 5.80. The predicted molar refractivity (Wildman–Crippen MR) is 65.3 cm³/mol. The van der Waals surface area contributed by atoms with Gasteiger partial charge in [-0.25, -0.2) is 0 Å². The van der Waals surface area contributed by atoms with Gasteiger partial charge in [0.2, 0.25) is 5.89 Å². The molecule has 1 aliphatic heterocycles. The summed E-state index contributed by atoms with van der Waals surface area (Å²) in [5.41, 5.74) is 1.18. The summed E-state index contributed by atoms with van der Waals surface area (Å²) >= 11 is 0. The number of benzene rings is 1. The molecule has 0 radical (unpaired) electrons. The highest BCUT2D eigenvalue weighted by atomic mass is 16.5. The molecule has 5 heteroatoms. The van der Waals surface area contributed by atoms with Crippen molar-refractivity contribution in [2.75, 3.05) is 7.05 Å². The first-order chi connectivity index (χ1) is 8.78. The zero-order valence-corrected chi connectivity index (χ0v) is 10.4. The number of hydrogen-bond donors (Lipinski definition) is 1. The van der Waals surface area contributed by atoms with Crippen LogP contribution in [-0.2, 0) is 6.42 Å². The molecule has 0 bridgehead atoms. The van der Waals surface area contributed by atoms with Crippen LogP contribution in [0.3, 0.4) is 0 Å². The van der Waals surface area contributed by atoms with E-state index in [1.165, 1.54) is 5.56 Å². The smallest absolute Gasteiger partial charge is 0.257 e. The molecule has 18 heavy (non-hydrogen) atoms. The Bertz CT molecular complexity index is 528. The molecule has 5 nitrogen and oxygen atoms in total. The van der Waals surface area contributed by atoms with Gasteiger partial charge in [-0.1, -0.05) is 18.2 Å². The first kappa shape index (κ1) is 11.2. The van der Waals surface area contributed by atoms with Crippen LogP contribution in [0, 0.1) is 0 Å². The standard InChI is InChI=1S/C13H15N3O2/c1-8(14-2)12-15-16-13(18-12)11-7-9-5-3-4-6-10(9)17-11/h3-6,8,11,14H,7H2,1-2H3. The summed E-state index contributed by atoms with van der Waals surface area (Å²) in [5.74, 6) is 2.04. The van der Waals surface area contributed by atoms with Gasteiger partial charge in [0.15, 0.2) is 6.10 Å². The van der Waals surface area contributed by atoms with Gasteiger partial charge in [0.1, 0.15) is 5.75 Å². The van der Waals surface area contributed by atoms with E-state index in [2.05, 4.69) is 21.6 Å². The fraction of sp³-hybridized carbons (Fsp3) is 0.385. The zero-order valence-electron chi connectivity index (χ0n) is 10.4. The van der Waals surface area contributed by atoms with E-state index in [4.69, 9.17) is 9.15 Å². The highest BCUT2D eigenvalue weighted by molar-refractivity contribution is 5.37. The van der Waals surface area contributed by atoms with E-state index in [1.807, 2.05) is 32.2 Å². The Morgan fingerprint density at radius 3 is 2.94 bits per heavy atom. The minimum Gasteiger partial charge on any atom is -0.480 e. The van der Waals surface area contributed by atoms with E-state index in [1.54, 1.807) is 0 Å². The van der Waals surface area contributed by atoms with Crippen LogP contribution in [0.1, 0.15) is 36.4 Å². The number of nitrogens with zero attached hydrogens (tertiary/aromatic N) is 2. The number of fused-ring (bicyclic) bond motifs is 1. The van der Waals surface area contributed by atoms with Crippen molar-refractivity contribution in [3.8, 4) is 5.75 Å². The summed E-state index contributed by atoms with van der Waals surface area (Å²) < 4.78 is 11.4. The second-order valence-electron chi connectivity index (χ2n) is 4.41. The first-order valence-electron chi connectivity index (χ1n) is 6.03. The molecule has 2 aromatic rings. The van der Waals surface area contributed by atoms with E-state index >= 15 is 0 Å². The van der Waals surface area contributed by atoms with Crippen molar-refractivity contribution in [2.24, 2.45) is 0 Å². The third-order valence-corrected chi connectivity index (χ3v) is 3.18. The van der Waals surface area contributed by atoms with E-state index < -0.39 is 0 Å². The maximum Gasteiger partial charge on any atom is 0.257 e. The van der Waals surface area contributed by atoms with Crippen LogP contribution in [-0.4, -0.2) is 17.2 Å². The Kier molecular flexibility index (Phi) is 2.76. The van der Waals surface area contributed by atoms with Crippen molar-refractivity contribution in [2.45, 2.75) is 25.5 Å². The molecular weight excluding hydrogens is 230 g/mol. The normalized spacial score (nSPS) is 19.3. The lowest BCUT2D eigenvalue weighted by Crippen LogP contribution is -2.12. The van der Waals surface area contributed by atoms with Gasteiger partial charge in [0, 0.05) is 6.42 Å². The van der Waals surface area contributed by atoms with Gasteiger partial charge in [-0.3, -0.25) is 0 Å². The third-order valence-electron chi connectivity index (χ3n) is 3.18. The Morgan fingerprint density at radius 1 is 1.33 bits per heavy atom. The molecule has 2 heterocycles. The van der Waals surface area contributed by atoms with Crippen molar-refractivity contribution in [3.63, 3.8) is 0 Å². The van der Waals surface area contributed by atoms with Gasteiger partial charge in [0.05, 0.1) is 6.04 Å². The fourth-order valence-corrected chi connectivity index (χ4v) is 1.99. The molecule has 1 N–H and O–H groups in total. The van der Waals surface area contributed by atoms with Crippen LogP contribution in [0.15, 0.2) is 28.7 Å². The van der Waals surface area contributed by atoms with Gasteiger partial charge in [0.25, 0.3) is 5.89 Å². The molecule has 3 rings (SSSR count). The lowest BCUT2D eigenvalue weighted by atomic mass is 10.1. The Hall–Kier alpha value is -1.88. The number of ether oxygens (including phenoxy) is 1. The molecule has 0 amide bonds. The molecule has 1 aromatic carbocycles. The molecule has 2 atom stereocenters. The maximum absolute atomic E-state index is 5.80. The fourth-order valence-electron chi connectivity index (χ4n) is 1.99. The van der Waals surface area contributed by atoms with Crippen molar-refractivity contribution < 1.29 is 9.15 Å². The largest absolute Gasteiger partial charge is 0.480 e. The van der Waals surface area contributed by atoms with Crippen molar-refractivity contribution in [1.29, 1.82) is 0 Å². The molecule has 0 spiro atoms. The van der Waals surface area contributed by atoms with E-state index in [0.29, 0.717) is 11.8 Å². The van der Waals surface area contributed by atoms with Gasteiger partial charge in [-0.05, 0) is 25.6 Å². The molecule has 1 aliphatic rings. The topological polar surface area (TPSA) is 60.2 Å². The minimum absolute atomic E-state index is 0.0510. The second kappa shape index (κ2) is 4.42. The Labute approximate surface area is 105 Å². The lowest BCUT2D eigenvalue weighted by molar-refractivity contribution is 0.193. The van der Waals surface area contributed by atoms with E-state index in [-0.39, 0.29) is 12.1 Å². The Balaban J connectivity index is 1.80. The summed E-state index contributed by atoms with van der Waals surface area (Å²) in [5, 5.41) is 11.2. The second-order valence-corrected chi connectivity index (χ2v) is 4.41. The summed E-state index contributed by atoms with van der Waals surface area (Å²) in [6, 6.07) is 8.04.